The fourth-order valence-electron chi connectivity index (χ4n) is 2.06. The van der Waals surface area contributed by atoms with E-state index in [1.54, 1.807) is 18.7 Å². The molecule has 2 atom stereocenters. The van der Waals surface area contributed by atoms with Crippen LogP contribution in [0.4, 0.5) is 0 Å². The highest BCUT2D eigenvalue weighted by Crippen LogP contribution is 2.20. The summed E-state index contributed by atoms with van der Waals surface area (Å²) < 4.78 is 4.82. The fourth-order valence-corrected chi connectivity index (χ4v) is 2.06. The van der Waals surface area contributed by atoms with Gasteiger partial charge in [0.2, 0.25) is 11.8 Å². The van der Waals surface area contributed by atoms with Crippen molar-refractivity contribution in [1.82, 2.24) is 10.2 Å². The van der Waals surface area contributed by atoms with E-state index >= 15 is 0 Å². The van der Waals surface area contributed by atoms with Gasteiger partial charge < -0.3 is 15.0 Å². The molecule has 0 aromatic rings. The smallest absolute Gasteiger partial charge is 0.328 e. The second kappa shape index (κ2) is 6.54. The van der Waals surface area contributed by atoms with Crippen molar-refractivity contribution in [1.29, 1.82) is 0 Å². The largest absolute Gasteiger partial charge is 0.464 e. The van der Waals surface area contributed by atoms with Crippen molar-refractivity contribution in [3.05, 3.63) is 0 Å². The molecule has 1 aliphatic heterocycles. The lowest BCUT2D eigenvalue weighted by atomic mass is 10.1. The predicted molar refractivity (Wildman–Crippen MR) is 69.2 cm³/mol. The van der Waals surface area contributed by atoms with Gasteiger partial charge in [0.15, 0.2) is 0 Å². The molecule has 0 saturated carbocycles. The van der Waals surface area contributed by atoms with Gasteiger partial charge in [0.1, 0.15) is 6.04 Å². The lowest BCUT2D eigenvalue weighted by Gasteiger charge is -2.21. The Balaban J connectivity index is 2.51. The Labute approximate surface area is 113 Å². The fraction of sp³-hybridized carbons (Fsp3) is 0.769. The first-order valence-electron chi connectivity index (χ1n) is 6.63. The van der Waals surface area contributed by atoms with Gasteiger partial charge in [-0.2, -0.15) is 0 Å². The summed E-state index contributed by atoms with van der Waals surface area (Å²) in [6, 6.07) is -0.594. The molecular formula is C13H22N2O4. The maximum Gasteiger partial charge on any atom is 0.328 e. The second-order valence-corrected chi connectivity index (χ2v) is 5.02. The average molecular weight is 270 g/mol. The van der Waals surface area contributed by atoms with E-state index in [4.69, 9.17) is 4.74 Å². The first-order chi connectivity index (χ1) is 8.86. The Morgan fingerprint density at radius 3 is 2.53 bits per heavy atom. The predicted octanol–water partition coefficient (Wildman–Crippen LogP) is 0.311. The SMILES string of the molecule is CCOC(=O)C(C)NC(=O)C1CC(=O)N(C(C)C)C1. The molecule has 1 fully saturated rings. The zero-order valence-corrected chi connectivity index (χ0v) is 11.9. The molecule has 0 radical (unpaired) electrons. The number of amides is 2. The standard InChI is InChI=1S/C13H22N2O4/c1-5-19-13(18)9(4)14-12(17)10-6-11(16)15(7-10)8(2)3/h8-10H,5-7H2,1-4H3,(H,14,17). The molecule has 2 amide bonds. The van der Waals surface area contributed by atoms with E-state index < -0.39 is 12.0 Å². The lowest BCUT2D eigenvalue weighted by Crippen LogP contribution is -2.43. The van der Waals surface area contributed by atoms with Gasteiger partial charge in [-0.15, -0.1) is 0 Å². The zero-order chi connectivity index (χ0) is 14.6. The summed E-state index contributed by atoms with van der Waals surface area (Å²) >= 11 is 0. The Kier molecular flexibility index (Phi) is 5.32. The van der Waals surface area contributed by atoms with Crippen molar-refractivity contribution in [3.8, 4) is 0 Å². The zero-order valence-electron chi connectivity index (χ0n) is 11.9. The molecule has 6 heteroatoms. The summed E-state index contributed by atoms with van der Waals surface area (Å²) in [5.74, 6) is -1.12. The third kappa shape index (κ3) is 3.94. The van der Waals surface area contributed by atoms with Crippen LogP contribution in [-0.2, 0) is 19.1 Å². The Morgan fingerprint density at radius 1 is 1.42 bits per heavy atom. The number of nitrogens with one attached hydrogen (secondary N) is 1. The average Bonchev–Trinajstić information content (AvgIpc) is 2.71. The van der Waals surface area contributed by atoms with E-state index in [1.165, 1.54) is 0 Å². The summed E-state index contributed by atoms with van der Waals surface area (Å²) in [6.45, 7) is 7.81. The number of likely N-dealkylation sites (tertiary alicyclic amines) is 1. The number of ether oxygens (including phenoxy) is 1. The minimum atomic E-state index is -0.685. The molecule has 1 N–H and O–H groups in total. The normalized spacial score (nSPS) is 20.6. The highest BCUT2D eigenvalue weighted by molar-refractivity contribution is 5.91. The van der Waals surface area contributed by atoms with Gasteiger partial charge in [-0.05, 0) is 27.7 Å². The van der Waals surface area contributed by atoms with Crippen LogP contribution in [0.25, 0.3) is 0 Å². The Morgan fingerprint density at radius 2 is 2.05 bits per heavy atom. The van der Waals surface area contributed by atoms with Gasteiger partial charge in [-0.25, -0.2) is 4.79 Å². The number of carbonyl (C=O) groups is 3. The highest BCUT2D eigenvalue weighted by Gasteiger charge is 2.36. The van der Waals surface area contributed by atoms with E-state index in [0.717, 1.165) is 0 Å². The molecular weight excluding hydrogens is 248 g/mol. The number of hydrogen-bond acceptors (Lipinski definition) is 4. The molecule has 1 rings (SSSR count). The molecule has 0 aromatic carbocycles. The Hall–Kier alpha value is -1.59. The van der Waals surface area contributed by atoms with E-state index in [0.29, 0.717) is 6.54 Å². The van der Waals surface area contributed by atoms with Gasteiger partial charge in [-0.3, -0.25) is 9.59 Å². The van der Waals surface area contributed by atoms with Crippen LogP contribution in [0.5, 0.6) is 0 Å². The molecule has 1 saturated heterocycles. The highest BCUT2D eigenvalue weighted by atomic mass is 16.5. The van der Waals surface area contributed by atoms with Crippen LogP contribution >= 0.6 is 0 Å². The number of esters is 1. The van der Waals surface area contributed by atoms with Crippen molar-refractivity contribution in [2.24, 2.45) is 5.92 Å². The third-order valence-electron chi connectivity index (χ3n) is 3.15. The third-order valence-corrected chi connectivity index (χ3v) is 3.15. The second-order valence-electron chi connectivity index (χ2n) is 5.02. The van der Waals surface area contributed by atoms with Gasteiger partial charge in [0.25, 0.3) is 0 Å². The van der Waals surface area contributed by atoms with Gasteiger partial charge in [0, 0.05) is 19.0 Å². The van der Waals surface area contributed by atoms with Crippen molar-refractivity contribution in [2.45, 2.75) is 46.2 Å². The van der Waals surface area contributed by atoms with Crippen LogP contribution in [0.3, 0.4) is 0 Å². The number of carbonyl (C=O) groups excluding carboxylic acids is 3. The summed E-state index contributed by atoms with van der Waals surface area (Å²) in [7, 11) is 0. The van der Waals surface area contributed by atoms with E-state index in [9.17, 15) is 14.4 Å². The molecule has 1 heterocycles. The van der Waals surface area contributed by atoms with E-state index in [-0.39, 0.29) is 36.8 Å². The van der Waals surface area contributed by atoms with Crippen LogP contribution in [-0.4, -0.2) is 47.9 Å². The summed E-state index contributed by atoms with van der Waals surface area (Å²) in [6.07, 6.45) is 0.208. The minimum Gasteiger partial charge on any atom is -0.464 e. The van der Waals surface area contributed by atoms with Crippen LogP contribution in [0.2, 0.25) is 0 Å². The molecule has 2 unspecified atom stereocenters. The first kappa shape index (κ1) is 15.5. The summed E-state index contributed by atoms with van der Waals surface area (Å²) in [5, 5.41) is 2.59. The van der Waals surface area contributed by atoms with Gasteiger partial charge in [0.05, 0.1) is 12.5 Å². The minimum absolute atomic E-state index is 0.0149. The van der Waals surface area contributed by atoms with E-state index in [2.05, 4.69) is 5.32 Å². The number of rotatable bonds is 5. The first-order valence-corrected chi connectivity index (χ1v) is 6.63. The molecule has 0 aromatic heterocycles. The molecule has 0 bridgehead atoms. The molecule has 1 aliphatic rings. The van der Waals surface area contributed by atoms with Crippen LogP contribution in [0.15, 0.2) is 0 Å². The summed E-state index contributed by atoms with van der Waals surface area (Å²) in [5.41, 5.74) is 0. The van der Waals surface area contributed by atoms with Crippen molar-refractivity contribution >= 4 is 17.8 Å². The molecule has 0 spiro atoms. The van der Waals surface area contributed by atoms with Crippen LogP contribution in [0.1, 0.15) is 34.1 Å². The molecule has 108 valence electrons. The van der Waals surface area contributed by atoms with Crippen molar-refractivity contribution < 1.29 is 19.1 Å². The monoisotopic (exact) mass is 270 g/mol. The van der Waals surface area contributed by atoms with Crippen molar-refractivity contribution in [2.75, 3.05) is 13.2 Å². The van der Waals surface area contributed by atoms with E-state index in [1.807, 2.05) is 13.8 Å². The lowest BCUT2D eigenvalue weighted by molar-refractivity contribution is -0.147. The quantitative estimate of drug-likeness (QED) is 0.730. The number of nitrogens with zero attached hydrogens (tertiary/aromatic N) is 1. The maximum atomic E-state index is 12.0. The van der Waals surface area contributed by atoms with Crippen LogP contribution < -0.4 is 5.32 Å². The molecule has 6 nitrogen and oxygen atoms in total. The number of hydrogen-bond donors (Lipinski definition) is 1. The maximum absolute atomic E-state index is 12.0. The summed E-state index contributed by atoms with van der Waals surface area (Å²) in [4.78, 5) is 36.8. The van der Waals surface area contributed by atoms with Crippen LogP contribution in [0, 0.1) is 5.92 Å². The molecule has 19 heavy (non-hydrogen) atoms. The van der Waals surface area contributed by atoms with Gasteiger partial charge in [-0.1, -0.05) is 0 Å². The molecule has 0 aliphatic carbocycles. The van der Waals surface area contributed by atoms with Crippen molar-refractivity contribution in [3.63, 3.8) is 0 Å². The topological polar surface area (TPSA) is 75.7 Å². The Bertz CT molecular complexity index is 368. The van der Waals surface area contributed by atoms with Gasteiger partial charge >= 0.3 is 5.97 Å².